The van der Waals surface area contributed by atoms with Gasteiger partial charge in [-0.1, -0.05) is 19.9 Å². The number of ether oxygens (including phenoxy) is 1. The molecule has 0 aromatic heterocycles. The lowest BCUT2D eigenvalue weighted by Crippen LogP contribution is -2.65. The predicted octanol–water partition coefficient (Wildman–Crippen LogP) is 4.68. The highest BCUT2D eigenvalue weighted by molar-refractivity contribution is 5.11. The van der Waals surface area contributed by atoms with Gasteiger partial charge in [0.2, 0.25) is 0 Å². The zero-order valence-electron chi connectivity index (χ0n) is 14.3. The summed E-state index contributed by atoms with van der Waals surface area (Å²) in [6.07, 6.45) is 8.90. The van der Waals surface area contributed by atoms with Gasteiger partial charge < -0.3 is 4.74 Å². The molecule has 2 saturated carbocycles. The van der Waals surface area contributed by atoms with Crippen molar-refractivity contribution in [2.75, 3.05) is 0 Å². The molecule has 0 amide bonds. The van der Waals surface area contributed by atoms with Crippen molar-refractivity contribution in [3.8, 4) is 0 Å². The van der Waals surface area contributed by atoms with Gasteiger partial charge in [0.05, 0.1) is 12.2 Å². The fourth-order valence-electron chi connectivity index (χ4n) is 5.90. The van der Waals surface area contributed by atoms with E-state index in [1.807, 2.05) is 6.08 Å². The summed E-state index contributed by atoms with van der Waals surface area (Å²) < 4.78 is 6.40. The summed E-state index contributed by atoms with van der Waals surface area (Å²) in [7, 11) is 0. The van der Waals surface area contributed by atoms with Gasteiger partial charge in [0, 0.05) is 0 Å². The van der Waals surface area contributed by atoms with Gasteiger partial charge in [-0.25, -0.2) is 4.89 Å². The summed E-state index contributed by atoms with van der Waals surface area (Å²) in [6, 6.07) is 0. The smallest absolute Gasteiger partial charge is 0.135 e. The number of allylic oxidation sites excluding steroid dienone is 1. The van der Waals surface area contributed by atoms with E-state index in [1.54, 1.807) is 0 Å². The van der Waals surface area contributed by atoms with E-state index in [0.717, 1.165) is 32.1 Å². The highest BCUT2D eigenvalue weighted by Gasteiger charge is 2.63. The Hall–Kier alpha value is -0.380. The second-order valence-corrected chi connectivity index (χ2v) is 8.10. The standard InChI is InChI=1S/C19H32O3/c1-5-6-15-11-18-19(22-20)16(10-8-13(3)21-18)12(2)7-9-17(19)14(15)4/h5,12-18,20H,1,6-11H2,2-4H3. The maximum absolute atomic E-state index is 10.0. The molecule has 8 unspecified atom stereocenters. The predicted molar refractivity (Wildman–Crippen MR) is 87.5 cm³/mol. The highest BCUT2D eigenvalue weighted by Crippen LogP contribution is 2.58. The molecule has 0 bridgehead atoms. The molecule has 0 aromatic carbocycles. The number of hydrogen-bond donors (Lipinski definition) is 1. The molecular weight excluding hydrogens is 276 g/mol. The van der Waals surface area contributed by atoms with E-state index in [2.05, 4.69) is 27.4 Å². The minimum absolute atomic E-state index is 0.0221. The molecular formula is C19H32O3. The van der Waals surface area contributed by atoms with Crippen LogP contribution in [-0.4, -0.2) is 23.1 Å². The van der Waals surface area contributed by atoms with E-state index in [0.29, 0.717) is 29.6 Å². The van der Waals surface area contributed by atoms with E-state index >= 15 is 0 Å². The van der Waals surface area contributed by atoms with Crippen molar-refractivity contribution in [3.05, 3.63) is 12.7 Å². The Bertz CT molecular complexity index is 409. The zero-order valence-corrected chi connectivity index (χ0v) is 14.3. The summed E-state index contributed by atoms with van der Waals surface area (Å²) in [5.74, 6) is 2.55. The minimum atomic E-state index is -0.487. The van der Waals surface area contributed by atoms with Crippen molar-refractivity contribution < 1.29 is 14.9 Å². The Morgan fingerprint density at radius 3 is 2.59 bits per heavy atom. The van der Waals surface area contributed by atoms with E-state index < -0.39 is 5.60 Å². The van der Waals surface area contributed by atoms with E-state index in [1.165, 1.54) is 6.42 Å². The molecule has 1 heterocycles. The minimum Gasteiger partial charge on any atom is -0.372 e. The van der Waals surface area contributed by atoms with Crippen molar-refractivity contribution >= 4 is 0 Å². The Labute approximate surface area is 135 Å². The van der Waals surface area contributed by atoms with Crippen molar-refractivity contribution in [1.82, 2.24) is 0 Å². The van der Waals surface area contributed by atoms with Crippen molar-refractivity contribution in [3.63, 3.8) is 0 Å². The van der Waals surface area contributed by atoms with Crippen LogP contribution in [0.15, 0.2) is 12.7 Å². The van der Waals surface area contributed by atoms with Gasteiger partial charge in [-0.05, 0) is 75.0 Å². The maximum Gasteiger partial charge on any atom is 0.135 e. The van der Waals surface area contributed by atoms with Gasteiger partial charge in [-0.3, -0.25) is 5.26 Å². The zero-order chi connectivity index (χ0) is 15.9. The summed E-state index contributed by atoms with van der Waals surface area (Å²) in [5.41, 5.74) is -0.487. The lowest BCUT2D eigenvalue weighted by atomic mass is 9.52. The first-order valence-corrected chi connectivity index (χ1v) is 9.13. The lowest BCUT2D eigenvalue weighted by Gasteiger charge is -2.58. The van der Waals surface area contributed by atoms with Crippen LogP contribution in [0.4, 0.5) is 0 Å². The van der Waals surface area contributed by atoms with Crippen LogP contribution in [-0.2, 0) is 9.62 Å². The molecule has 2 aliphatic carbocycles. The summed E-state index contributed by atoms with van der Waals surface area (Å²) in [6.45, 7) is 10.8. The largest absolute Gasteiger partial charge is 0.372 e. The number of rotatable bonds is 3. The highest BCUT2D eigenvalue weighted by atomic mass is 17.1. The van der Waals surface area contributed by atoms with Gasteiger partial charge in [-0.15, -0.1) is 6.58 Å². The van der Waals surface area contributed by atoms with Crippen LogP contribution in [0.25, 0.3) is 0 Å². The summed E-state index contributed by atoms with van der Waals surface area (Å²) >= 11 is 0. The molecule has 3 nitrogen and oxygen atoms in total. The molecule has 1 N–H and O–H groups in total. The Balaban J connectivity index is 2.01. The van der Waals surface area contributed by atoms with Crippen LogP contribution in [0.5, 0.6) is 0 Å². The molecule has 1 saturated heterocycles. The summed E-state index contributed by atoms with van der Waals surface area (Å²) in [4.78, 5) is 5.39. The van der Waals surface area contributed by atoms with Crippen molar-refractivity contribution in [1.29, 1.82) is 0 Å². The van der Waals surface area contributed by atoms with Gasteiger partial charge in [0.25, 0.3) is 0 Å². The fourth-order valence-corrected chi connectivity index (χ4v) is 5.90. The molecule has 3 aliphatic rings. The molecule has 0 aromatic rings. The summed E-state index contributed by atoms with van der Waals surface area (Å²) in [5, 5.41) is 10.0. The Morgan fingerprint density at radius 1 is 1.18 bits per heavy atom. The first-order chi connectivity index (χ1) is 10.5. The molecule has 0 radical (unpaired) electrons. The third-order valence-electron chi connectivity index (χ3n) is 7.09. The van der Waals surface area contributed by atoms with E-state index in [4.69, 9.17) is 9.62 Å². The van der Waals surface area contributed by atoms with Crippen LogP contribution in [0.2, 0.25) is 0 Å². The first-order valence-electron chi connectivity index (χ1n) is 9.13. The van der Waals surface area contributed by atoms with Crippen molar-refractivity contribution in [2.24, 2.45) is 29.6 Å². The number of hydrogen-bond acceptors (Lipinski definition) is 3. The van der Waals surface area contributed by atoms with Gasteiger partial charge in [0.15, 0.2) is 0 Å². The van der Waals surface area contributed by atoms with E-state index in [9.17, 15) is 5.26 Å². The first kappa shape index (κ1) is 16.5. The molecule has 126 valence electrons. The van der Waals surface area contributed by atoms with Crippen LogP contribution in [0.3, 0.4) is 0 Å². The van der Waals surface area contributed by atoms with Gasteiger partial charge in [0.1, 0.15) is 5.60 Å². The normalized spacial score (nSPS) is 51.7. The fraction of sp³-hybridized carbons (Fsp3) is 0.895. The molecule has 3 fully saturated rings. The quantitative estimate of drug-likeness (QED) is 0.467. The Morgan fingerprint density at radius 2 is 1.91 bits per heavy atom. The third kappa shape index (κ3) is 2.37. The van der Waals surface area contributed by atoms with Gasteiger partial charge in [-0.2, -0.15) is 0 Å². The maximum atomic E-state index is 10.0. The average molecular weight is 308 g/mol. The third-order valence-corrected chi connectivity index (χ3v) is 7.09. The van der Waals surface area contributed by atoms with Crippen molar-refractivity contribution in [2.45, 2.75) is 77.1 Å². The van der Waals surface area contributed by atoms with Crippen LogP contribution >= 0.6 is 0 Å². The lowest BCUT2D eigenvalue weighted by molar-refractivity contribution is -0.401. The topological polar surface area (TPSA) is 38.7 Å². The average Bonchev–Trinajstić information content (AvgIpc) is 2.64. The molecule has 3 heteroatoms. The molecule has 1 aliphatic heterocycles. The molecule has 3 rings (SSSR count). The monoisotopic (exact) mass is 308 g/mol. The molecule has 8 atom stereocenters. The van der Waals surface area contributed by atoms with Crippen LogP contribution in [0.1, 0.15) is 59.3 Å². The molecule has 22 heavy (non-hydrogen) atoms. The Kier molecular flexibility index (Phi) is 4.69. The second-order valence-electron chi connectivity index (χ2n) is 8.10. The van der Waals surface area contributed by atoms with E-state index in [-0.39, 0.29) is 12.2 Å². The van der Waals surface area contributed by atoms with Crippen LogP contribution < -0.4 is 0 Å². The second kappa shape index (κ2) is 6.26. The molecule has 0 spiro atoms. The SMILES string of the molecule is C=CCC1CC2OC(C)CCC3C(C)CCC(C1C)C23OO. The van der Waals surface area contributed by atoms with Gasteiger partial charge >= 0.3 is 0 Å². The van der Waals surface area contributed by atoms with Crippen LogP contribution in [0, 0.1) is 29.6 Å².